The van der Waals surface area contributed by atoms with Crippen molar-refractivity contribution < 1.29 is 17.6 Å². The van der Waals surface area contributed by atoms with E-state index >= 15 is 0 Å². The van der Waals surface area contributed by atoms with Gasteiger partial charge in [0.1, 0.15) is 5.82 Å². The van der Waals surface area contributed by atoms with E-state index in [1.165, 1.54) is 24.3 Å². The lowest BCUT2D eigenvalue weighted by molar-refractivity contribution is 0.0672. The van der Waals surface area contributed by atoms with Gasteiger partial charge in [0.25, 0.3) is 5.91 Å². The summed E-state index contributed by atoms with van der Waals surface area (Å²) in [4.78, 5) is 14.2. The zero-order valence-electron chi connectivity index (χ0n) is 12.3. The largest absolute Gasteiger partial charge is 0.334 e. The highest BCUT2D eigenvalue weighted by Crippen LogP contribution is 2.21. The standard InChI is InChI=1S/C15H20FNO3S/c1-11(2)9-17(14-7-8-21(19,20)10-14)15(18)12-3-5-13(16)6-4-12/h3-6,11,14H,7-10H2,1-2H3/t14-/m1/s1. The predicted octanol–water partition coefficient (Wildman–Crippen LogP) is 2.11. The molecule has 1 heterocycles. The Bertz CT molecular complexity index is 610. The maximum atomic E-state index is 13.0. The first-order valence-electron chi connectivity index (χ1n) is 7.05. The van der Waals surface area contributed by atoms with Crippen molar-refractivity contribution in [2.45, 2.75) is 26.3 Å². The lowest BCUT2D eigenvalue weighted by Crippen LogP contribution is -2.43. The Hall–Kier alpha value is -1.43. The quantitative estimate of drug-likeness (QED) is 0.855. The van der Waals surface area contributed by atoms with Crippen LogP contribution < -0.4 is 0 Å². The highest BCUT2D eigenvalue weighted by Gasteiger charge is 2.35. The molecular formula is C15H20FNO3S. The van der Waals surface area contributed by atoms with Gasteiger partial charge in [-0.25, -0.2) is 12.8 Å². The Labute approximate surface area is 124 Å². The average Bonchev–Trinajstić information content (AvgIpc) is 2.76. The number of rotatable bonds is 4. The third-order valence-electron chi connectivity index (χ3n) is 3.56. The molecule has 1 fully saturated rings. The topological polar surface area (TPSA) is 54.5 Å². The summed E-state index contributed by atoms with van der Waals surface area (Å²) < 4.78 is 36.3. The van der Waals surface area contributed by atoms with Crippen molar-refractivity contribution in [1.29, 1.82) is 0 Å². The van der Waals surface area contributed by atoms with Gasteiger partial charge in [-0.05, 0) is 36.6 Å². The van der Waals surface area contributed by atoms with E-state index in [0.717, 1.165) is 0 Å². The molecule has 0 spiro atoms. The fraction of sp³-hybridized carbons (Fsp3) is 0.533. The van der Waals surface area contributed by atoms with Crippen LogP contribution in [0.3, 0.4) is 0 Å². The molecule has 0 N–H and O–H groups in total. The van der Waals surface area contributed by atoms with Crippen molar-refractivity contribution in [3.8, 4) is 0 Å². The van der Waals surface area contributed by atoms with Crippen molar-refractivity contribution >= 4 is 15.7 Å². The number of sulfone groups is 1. The molecule has 0 radical (unpaired) electrons. The predicted molar refractivity (Wildman–Crippen MR) is 79.3 cm³/mol. The second kappa shape index (κ2) is 6.13. The summed E-state index contributed by atoms with van der Waals surface area (Å²) in [5.74, 6) is -0.246. The summed E-state index contributed by atoms with van der Waals surface area (Å²) in [7, 11) is -3.05. The summed E-state index contributed by atoms with van der Waals surface area (Å²) in [5.41, 5.74) is 0.390. The Morgan fingerprint density at radius 3 is 2.43 bits per heavy atom. The summed E-state index contributed by atoms with van der Waals surface area (Å²) in [6.45, 7) is 4.46. The van der Waals surface area contributed by atoms with Crippen LogP contribution in [-0.4, -0.2) is 43.3 Å². The van der Waals surface area contributed by atoms with Crippen LogP contribution in [0.5, 0.6) is 0 Å². The van der Waals surface area contributed by atoms with Gasteiger partial charge in [-0.1, -0.05) is 13.8 Å². The molecule has 21 heavy (non-hydrogen) atoms. The van der Waals surface area contributed by atoms with Crippen LogP contribution >= 0.6 is 0 Å². The minimum absolute atomic E-state index is 0.0205. The van der Waals surface area contributed by atoms with E-state index in [1.807, 2.05) is 13.8 Å². The van der Waals surface area contributed by atoms with Gasteiger partial charge in [0, 0.05) is 18.2 Å². The number of amides is 1. The number of hydrogen-bond donors (Lipinski definition) is 0. The van der Waals surface area contributed by atoms with E-state index < -0.39 is 15.7 Å². The second-order valence-electron chi connectivity index (χ2n) is 5.92. The number of halogens is 1. The van der Waals surface area contributed by atoms with E-state index in [1.54, 1.807) is 4.90 Å². The van der Waals surface area contributed by atoms with Crippen molar-refractivity contribution in [2.75, 3.05) is 18.1 Å². The molecule has 0 aliphatic carbocycles. The monoisotopic (exact) mass is 313 g/mol. The van der Waals surface area contributed by atoms with Gasteiger partial charge < -0.3 is 4.90 Å². The Kier molecular flexibility index (Phi) is 4.66. The van der Waals surface area contributed by atoms with Crippen LogP contribution in [0.4, 0.5) is 4.39 Å². The maximum absolute atomic E-state index is 13.0. The van der Waals surface area contributed by atoms with Gasteiger partial charge in [0.2, 0.25) is 0 Å². The molecule has 4 nitrogen and oxygen atoms in total. The molecule has 2 rings (SSSR count). The Balaban J connectivity index is 2.23. The molecule has 1 amide bonds. The molecule has 0 unspecified atom stereocenters. The summed E-state index contributed by atoms with van der Waals surface area (Å²) in [6.07, 6.45) is 0.474. The first-order chi connectivity index (χ1) is 9.78. The van der Waals surface area contributed by atoms with E-state index in [2.05, 4.69) is 0 Å². The molecule has 0 bridgehead atoms. The van der Waals surface area contributed by atoms with Crippen molar-refractivity contribution in [3.05, 3.63) is 35.6 Å². The number of carbonyl (C=O) groups is 1. The molecule has 1 aromatic carbocycles. The van der Waals surface area contributed by atoms with E-state index in [0.29, 0.717) is 18.5 Å². The van der Waals surface area contributed by atoms with Crippen LogP contribution in [0.15, 0.2) is 24.3 Å². The molecule has 0 aromatic heterocycles. The van der Waals surface area contributed by atoms with Crippen LogP contribution in [0, 0.1) is 11.7 Å². The molecular weight excluding hydrogens is 293 g/mol. The smallest absolute Gasteiger partial charge is 0.254 e. The number of carbonyl (C=O) groups excluding carboxylic acids is 1. The van der Waals surface area contributed by atoms with Gasteiger partial charge in [0.15, 0.2) is 9.84 Å². The first kappa shape index (κ1) is 15.9. The summed E-state index contributed by atoms with van der Waals surface area (Å²) in [5, 5.41) is 0. The Morgan fingerprint density at radius 1 is 1.33 bits per heavy atom. The van der Waals surface area contributed by atoms with E-state index in [9.17, 15) is 17.6 Å². The molecule has 116 valence electrons. The third kappa shape index (κ3) is 4.03. The lowest BCUT2D eigenvalue weighted by atomic mass is 10.1. The van der Waals surface area contributed by atoms with Crippen LogP contribution in [0.1, 0.15) is 30.6 Å². The molecule has 1 aliphatic heterocycles. The fourth-order valence-corrected chi connectivity index (χ4v) is 4.30. The highest BCUT2D eigenvalue weighted by molar-refractivity contribution is 7.91. The van der Waals surface area contributed by atoms with Crippen molar-refractivity contribution in [1.82, 2.24) is 4.90 Å². The summed E-state index contributed by atoms with van der Waals surface area (Å²) >= 11 is 0. The first-order valence-corrected chi connectivity index (χ1v) is 8.87. The third-order valence-corrected chi connectivity index (χ3v) is 5.31. The molecule has 6 heteroatoms. The SMILES string of the molecule is CC(C)CN(C(=O)c1ccc(F)cc1)[C@@H]1CCS(=O)(=O)C1. The minimum atomic E-state index is -3.05. The van der Waals surface area contributed by atoms with E-state index in [4.69, 9.17) is 0 Å². The number of benzene rings is 1. The number of hydrogen-bond acceptors (Lipinski definition) is 3. The fourth-order valence-electron chi connectivity index (χ4n) is 2.57. The molecule has 1 atom stereocenters. The van der Waals surface area contributed by atoms with Gasteiger partial charge in [-0.15, -0.1) is 0 Å². The minimum Gasteiger partial charge on any atom is -0.334 e. The molecule has 0 saturated carbocycles. The lowest BCUT2D eigenvalue weighted by Gasteiger charge is -2.30. The van der Waals surface area contributed by atoms with E-state index in [-0.39, 0.29) is 29.4 Å². The van der Waals surface area contributed by atoms with Crippen LogP contribution in [0.2, 0.25) is 0 Å². The van der Waals surface area contributed by atoms with Gasteiger partial charge in [0.05, 0.1) is 11.5 Å². The van der Waals surface area contributed by atoms with Crippen LogP contribution in [-0.2, 0) is 9.84 Å². The normalized spacial score (nSPS) is 20.7. The average molecular weight is 313 g/mol. The highest BCUT2D eigenvalue weighted by atomic mass is 32.2. The van der Waals surface area contributed by atoms with Crippen molar-refractivity contribution in [2.24, 2.45) is 5.92 Å². The van der Waals surface area contributed by atoms with Gasteiger partial charge in [-0.2, -0.15) is 0 Å². The molecule has 1 aromatic rings. The van der Waals surface area contributed by atoms with Crippen molar-refractivity contribution in [3.63, 3.8) is 0 Å². The zero-order chi connectivity index (χ0) is 15.6. The van der Waals surface area contributed by atoms with Crippen LogP contribution in [0.25, 0.3) is 0 Å². The second-order valence-corrected chi connectivity index (χ2v) is 8.14. The zero-order valence-corrected chi connectivity index (χ0v) is 13.1. The van der Waals surface area contributed by atoms with Gasteiger partial charge in [-0.3, -0.25) is 4.79 Å². The summed E-state index contributed by atoms with van der Waals surface area (Å²) in [6, 6.07) is 5.08. The van der Waals surface area contributed by atoms with Gasteiger partial charge >= 0.3 is 0 Å². The Morgan fingerprint density at radius 2 is 1.95 bits per heavy atom. The number of nitrogens with zero attached hydrogens (tertiary/aromatic N) is 1. The molecule has 1 saturated heterocycles. The maximum Gasteiger partial charge on any atom is 0.254 e. The molecule has 1 aliphatic rings.